The first kappa shape index (κ1) is 23.0. The second-order valence-electron chi connectivity index (χ2n) is 9.05. The van der Waals surface area contributed by atoms with Crippen LogP contribution in [0, 0.1) is 0 Å². The lowest BCUT2D eigenvalue weighted by atomic mass is 9.94. The molecule has 0 spiro atoms. The first-order chi connectivity index (χ1) is 17.5. The van der Waals surface area contributed by atoms with E-state index in [2.05, 4.69) is 10.3 Å². The maximum atomic E-state index is 13.2. The maximum Gasteiger partial charge on any atom is 0.243 e. The van der Waals surface area contributed by atoms with Gasteiger partial charge in [0.1, 0.15) is 5.82 Å². The molecule has 10 heteroatoms. The Kier molecular flexibility index (Phi) is 5.66. The number of fused-ring (bicyclic) bond motifs is 1. The summed E-state index contributed by atoms with van der Waals surface area (Å²) in [7, 11) is -3.57. The van der Waals surface area contributed by atoms with Gasteiger partial charge in [0.2, 0.25) is 22.7 Å². The van der Waals surface area contributed by atoms with Crippen LogP contribution in [-0.2, 0) is 25.0 Å². The topological polar surface area (TPSA) is 107 Å². The third-order valence-electron chi connectivity index (χ3n) is 6.86. The van der Waals surface area contributed by atoms with Gasteiger partial charge in [0, 0.05) is 18.7 Å². The molecule has 2 aromatic carbocycles. The van der Waals surface area contributed by atoms with Gasteiger partial charge in [-0.25, -0.2) is 13.4 Å². The van der Waals surface area contributed by atoms with Crippen LogP contribution in [0.5, 0.6) is 11.5 Å². The fourth-order valence-corrected chi connectivity index (χ4v) is 6.01. The van der Waals surface area contributed by atoms with Crippen molar-refractivity contribution in [2.24, 2.45) is 0 Å². The van der Waals surface area contributed by atoms with Gasteiger partial charge < -0.3 is 19.5 Å². The molecule has 1 amide bonds. The molecule has 6 rings (SSSR count). The molecule has 1 aliphatic carbocycles. The number of carbonyl (C=O) groups excluding carboxylic acids is 1. The zero-order chi connectivity index (χ0) is 24.8. The summed E-state index contributed by atoms with van der Waals surface area (Å²) in [6.07, 6.45) is 1.49. The fourth-order valence-electron chi connectivity index (χ4n) is 4.60. The molecule has 1 aromatic heterocycles. The molecular weight excluding hydrogens is 482 g/mol. The van der Waals surface area contributed by atoms with E-state index < -0.39 is 15.4 Å². The number of pyridine rings is 1. The molecule has 9 nitrogen and oxygen atoms in total. The van der Waals surface area contributed by atoms with E-state index in [0.717, 1.165) is 24.0 Å². The van der Waals surface area contributed by atoms with Gasteiger partial charge >= 0.3 is 0 Å². The number of hydrogen-bond donors (Lipinski definition) is 1. The summed E-state index contributed by atoms with van der Waals surface area (Å²) >= 11 is 0. The molecule has 0 radical (unpaired) electrons. The van der Waals surface area contributed by atoms with E-state index >= 15 is 0 Å². The Morgan fingerprint density at radius 1 is 0.944 bits per heavy atom. The molecule has 36 heavy (non-hydrogen) atoms. The maximum absolute atomic E-state index is 13.2. The van der Waals surface area contributed by atoms with Crippen molar-refractivity contribution in [3.63, 3.8) is 0 Å². The number of sulfonamides is 1. The van der Waals surface area contributed by atoms with E-state index in [1.807, 2.05) is 30.3 Å². The molecule has 3 heterocycles. The summed E-state index contributed by atoms with van der Waals surface area (Å²) in [4.78, 5) is 18.1. The van der Waals surface area contributed by atoms with Crippen molar-refractivity contribution in [3.05, 3.63) is 66.2 Å². The Morgan fingerprint density at radius 2 is 1.69 bits per heavy atom. The van der Waals surface area contributed by atoms with Crippen molar-refractivity contribution in [3.8, 4) is 22.8 Å². The summed E-state index contributed by atoms with van der Waals surface area (Å²) in [5, 5.41) is 2.96. The number of anilines is 1. The summed E-state index contributed by atoms with van der Waals surface area (Å²) in [5.41, 5.74) is 1.69. The highest BCUT2D eigenvalue weighted by Gasteiger charge is 2.51. The van der Waals surface area contributed by atoms with Crippen LogP contribution in [-0.4, -0.2) is 56.7 Å². The predicted octanol–water partition coefficient (Wildman–Crippen LogP) is 3.17. The number of rotatable bonds is 6. The van der Waals surface area contributed by atoms with Crippen molar-refractivity contribution in [1.82, 2.24) is 9.29 Å². The molecule has 3 aliphatic rings. The Morgan fingerprint density at radius 3 is 2.44 bits per heavy atom. The highest BCUT2D eigenvalue weighted by molar-refractivity contribution is 7.89. The molecule has 2 fully saturated rings. The van der Waals surface area contributed by atoms with Gasteiger partial charge in [0.15, 0.2) is 11.5 Å². The summed E-state index contributed by atoms with van der Waals surface area (Å²) in [6.45, 7) is 1.68. The number of morpholine rings is 1. The normalized spacial score (nSPS) is 18.6. The molecule has 2 aliphatic heterocycles. The van der Waals surface area contributed by atoms with Crippen LogP contribution in [0.1, 0.15) is 18.4 Å². The molecule has 0 bridgehead atoms. The lowest BCUT2D eigenvalue weighted by Crippen LogP contribution is -2.40. The van der Waals surface area contributed by atoms with Crippen molar-refractivity contribution < 1.29 is 27.4 Å². The Bertz CT molecular complexity index is 1410. The Labute approximate surface area is 209 Å². The smallest absolute Gasteiger partial charge is 0.243 e. The minimum absolute atomic E-state index is 0.113. The number of nitrogens with zero attached hydrogens (tertiary/aromatic N) is 2. The SMILES string of the molecule is O=C(Nc1cccc(-c2ccc(S(=O)(=O)N3CCOCC3)cc2)n1)C1(c2ccc3c(c2)OCO3)CC1. The Balaban J connectivity index is 1.19. The van der Waals surface area contributed by atoms with Gasteiger partial charge in [-0.3, -0.25) is 4.79 Å². The fraction of sp³-hybridized carbons (Fsp3) is 0.308. The minimum atomic E-state index is -3.57. The van der Waals surface area contributed by atoms with E-state index in [1.54, 1.807) is 30.3 Å². The van der Waals surface area contributed by atoms with Gasteiger partial charge in [0.05, 0.1) is 29.2 Å². The second kappa shape index (κ2) is 8.88. The van der Waals surface area contributed by atoms with Gasteiger partial charge in [-0.2, -0.15) is 4.31 Å². The summed E-state index contributed by atoms with van der Waals surface area (Å²) < 4.78 is 43.3. The lowest BCUT2D eigenvalue weighted by molar-refractivity contribution is -0.118. The monoisotopic (exact) mass is 507 g/mol. The van der Waals surface area contributed by atoms with Crippen LogP contribution in [0.3, 0.4) is 0 Å². The average Bonchev–Trinajstić information content (AvgIpc) is 3.60. The molecule has 0 atom stereocenters. The quantitative estimate of drug-likeness (QED) is 0.546. The number of benzene rings is 2. The number of ether oxygens (including phenoxy) is 3. The van der Waals surface area contributed by atoms with E-state index in [4.69, 9.17) is 14.2 Å². The van der Waals surface area contributed by atoms with Gasteiger partial charge in [-0.05, 0) is 54.8 Å². The number of amides is 1. The highest BCUT2D eigenvalue weighted by Crippen LogP contribution is 2.51. The van der Waals surface area contributed by atoms with Crippen molar-refractivity contribution >= 4 is 21.7 Å². The van der Waals surface area contributed by atoms with Crippen LogP contribution >= 0.6 is 0 Å². The number of aromatic nitrogens is 1. The van der Waals surface area contributed by atoms with Crippen LogP contribution < -0.4 is 14.8 Å². The van der Waals surface area contributed by atoms with E-state index in [9.17, 15) is 13.2 Å². The zero-order valence-electron chi connectivity index (χ0n) is 19.5. The molecule has 186 valence electrons. The van der Waals surface area contributed by atoms with Crippen LogP contribution in [0.25, 0.3) is 11.3 Å². The molecule has 3 aromatic rings. The first-order valence-corrected chi connectivity index (χ1v) is 13.3. The van der Waals surface area contributed by atoms with Crippen molar-refractivity contribution in [2.75, 3.05) is 38.4 Å². The third kappa shape index (κ3) is 4.11. The van der Waals surface area contributed by atoms with E-state index in [1.165, 1.54) is 4.31 Å². The largest absolute Gasteiger partial charge is 0.454 e. The molecule has 1 saturated carbocycles. The van der Waals surface area contributed by atoms with Crippen molar-refractivity contribution in [1.29, 1.82) is 0 Å². The summed E-state index contributed by atoms with van der Waals surface area (Å²) in [5.74, 6) is 1.67. The molecular formula is C26H25N3O6S. The number of nitrogens with one attached hydrogen (secondary N) is 1. The van der Waals surface area contributed by atoms with E-state index in [-0.39, 0.29) is 17.6 Å². The van der Waals surface area contributed by atoms with Gasteiger partial charge in [0.25, 0.3) is 0 Å². The van der Waals surface area contributed by atoms with Crippen LogP contribution in [0.2, 0.25) is 0 Å². The second-order valence-corrected chi connectivity index (χ2v) is 11.0. The summed E-state index contributed by atoms with van der Waals surface area (Å²) in [6, 6.07) is 17.7. The standard InChI is InChI=1S/C26H25N3O6S/c30-25(26(10-11-26)19-6-9-22-23(16-19)35-17-34-22)28-24-3-1-2-21(27-24)18-4-7-20(8-5-18)36(31,32)29-12-14-33-15-13-29/h1-9,16H,10-15,17H2,(H,27,28,30). The van der Waals surface area contributed by atoms with Gasteiger partial charge in [-0.15, -0.1) is 0 Å². The highest BCUT2D eigenvalue weighted by atomic mass is 32.2. The van der Waals surface area contributed by atoms with Crippen molar-refractivity contribution in [2.45, 2.75) is 23.2 Å². The first-order valence-electron chi connectivity index (χ1n) is 11.8. The number of carbonyl (C=O) groups is 1. The minimum Gasteiger partial charge on any atom is -0.454 e. The average molecular weight is 508 g/mol. The van der Waals surface area contributed by atoms with Crippen LogP contribution in [0.4, 0.5) is 5.82 Å². The van der Waals surface area contributed by atoms with Crippen LogP contribution in [0.15, 0.2) is 65.6 Å². The Hall–Kier alpha value is -3.47. The third-order valence-corrected chi connectivity index (χ3v) is 8.77. The molecule has 0 unspecified atom stereocenters. The number of hydrogen-bond acceptors (Lipinski definition) is 7. The van der Waals surface area contributed by atoms with E-state index in [0.29, 0.717) is 49.3 Å². The zero-order valence-corrected chi connectivity index (χ0v) is 20.3. The lowest BCUT2D eigenvalue weighted by Gasteiger charge is -2.26. The predicted molar refractivity (Wildman–Crippen MR) is 131 cm³/mol. The molecule has 1 N–H and O–H groups in total. The van der Waals surface area contributed by atoms with Gasteiger partial charge in [-0.1, -0.05) is 24.3 Å². The molecule has 1 saturated heterocycles.